The van der Waals surface area contributed by atoms with Gasteiger partial charge >= 0.3 is 11.9 Å². The van der Waals surface area contributed by atoms with Crippen molar-refractivity contribution in [3.63, 3.8) is 0 Å². The van der Waals surface area contributed by atoms with Crippen molar-refractivity contribution in [3.05, 3.63) is 50.9 Å². The van der Waals surface area contributed by atoms with E-state index in [0.717, 1.165) is 0 Å². The van der Waals surface area contributed by atoms with Crippen LogP contribution in [0.5, 0.6) is 0 Å². The highest BCUT2D eigenvalue weighted by molar-refractivity contribution is 6.35. The normalized spacial score (nSPS) is 12.0. The lowest BCUT2D eigenvalue weighted by Crippen LogP contribution is -2.21. The van der Waals surface area contributed by atoms with Crippen LogP contribution in [0, 0.1) is 13.8 Å². The minimum atomic E-state index is -1.28. The van der Waals surface area contributed by atoms with E-state index in [1.807, 2.05) is 0 Å². The number of furan rings is 1. The van der Waals surface area contributed by atoms with Crippen LogP contribution < -0.4 is 5.32 Å². The van der Waals surface area contributed by atoms with E-state index >= 15 is 0 Å². The minimum absolute atomic E-state index is 0.0171. The molecule has 1 aromatic carbocycles. The summed E-state index contributed by atoms with van der Waals surface area (Å²) in [5.41, 5.74) is 0.584. The number of benzene rings is 1. The molecule has 0 aliphatic heterocycles. The average molecular weight is 358 g/mol. The first kappa shape index (κ1) is 17.2. The second-order valence-corrected chi connectivity index (χ2v) is 5.77. The van der Waals surface area contributed by atoms with Gasteiger partial charge in [0.05, 0.1) is 0 Å². The summed E-state index contributed by atoms with van der Waals surface area (Å²) in [6.07, 6.45) is 0. The maximum atomic E-state index is 11.6. The van der Waals surface area contributed by atoms with Crippen molar-refractivity contribution in [3.8, 4) is 0 Å². The third kappa shape index (κ3) is 3.60. The van der Waals surface area contributed by atoms with Crippen molar-refractivity contribution in [2.24, 2.45) is 0 Å². The summed E-state index contributed by atoms with van der Waals surface area (Å²) in [6.45, 7) is 2.97. The number of aromatic carboxylic acids is 1. The Bertz CT molecular complexity index is 764. The molecule has 2 aromatic rings. The molecule has 0 saturated carbocycles. The second-order valence-electron chi connectivity index (χ2n) is 4.90. The highest BCUT2D eigenvalue weighted by atomic mass is 35.5. The predicted molar refractivity (Wildman–Crippen MR) is 85.6 cm³/mol. The van der Waals surface area contributed by atoms with Gasteiger partial charge in [0.25, 0.3) is 0 Å². The van der Waals surface area contributed by atoms with Gasteiger partial charge in [-0.25, -0.2) is 9.59 Å². The van der Waals surface area contributed by atoms with Crippen LogP contribution >= 0.6 is 23.2 Å². The molecular formula is C15H13Cl2NO5. The lowest BCUT2D eigenvalue weighted by atomic mass is 10.1. The van der Waals surface area contributed by atoms with E-state index in [9.17, 15) is 19.8 Å². The number of rotatable bonds is 5. The summed E-state index contributed by atoms with van der Waals surface area (Å²) >= 11 is 11.8. The van der Waals surface area contributed by atoms with Gasteiger partial charge in [0, 0.05) is 21.3 Å². The third-order valence-corrected chi connectivity index (χ3v) is 3.69. The average Bonchev–Trinajstić information content (AvgIpc) is 2.69. The quantitative estimate of drug-likeness (QED) is 0.743. The number of hydrogen-bond donors (Lipinski definition) is 3. The lowest BCUT2D eigenvalue weighted by Gasteiger charge is -2.15. The molecule has 0 aliphatic rings. The van der Waals surface area contributed by atoms with Gasteiger partial charge in [-0.15, -0.1) is 0 Å². The van der Waals surface area contributed by atoms with E-state index in [-0.39, 0.29) is 22.6 Å². The predicted octanol–water partition coefficient (Wildman–Crippen LogP) is 4.14. The number of nitrogens with one attached hydrogen (secondary N) is 1. The summed E-state index contributed by atoms with van der Waals surface area (Å²) in [6, 6.07) is 3.24. The molecule has 1 atom stereocenters. The van der Waals surface area contributed by atoms with Crippen molar-refractivity contribution < 1.29 is 24.2 Å². The second kappa shape index (κ2) is 6.52. The molecule has 6 nitrogen and oxygen atoms in total. The molecule has 8 heteroatoms. The van der Waals surface area contributed by atoms with E-state index in [1.165, 1.54) is 32.0 Å². The SMILES string of the molecule is Cc1oc(C(Nc2cc(Cl)cc(Cl)c2)C(=O)O)c(C)c1C(=O)O. The van der Waals surface area contributed by atoms with Crippen LogP contribution in [0.4, 0.5) is 5.69 Å². The summed E-state index contributed by atoms with van der Waals surface area (Å²) in [5, 5.41) is 22.0. The van der Waals surface area contributed by atoms with Crippen LogP contribution in [0.25, 0.3) is 0 Å². The first-order valence-electron chi connectivity index (χ1n) is 6.49. The van der Waals surface area contributed by atoms with Gasteiger partial charge < -0.3 is 19.9 Å². The van der Waals surface area contributed by atoms with E-state index in [1.54, 1.807) is 0 Å². The van der Waals surface area contributed by atoms with Crippen LogP contribution in [0.1, 0.15) is 33.5 Å². The number of aliphatic carboxylic acids is 1. The molecule has 1 aromatic heterocycles. The van der Waals surface area contributed by atoms with Crippen molar-refractivity contribution in [2.45, 2.75) is 19.9 Å². The maximum Gasteiger partial charge on any atom is 0.339 e. The van der Waals surface area contributed by atoms with Gasteiger partial charge in [-0.3, -0.25) is 0 Å². The molecule has 0 aliphatic carbocycles. The molecule has 0 amide bonds. The molecular weight excluding hydrogens is 345 g/mol. The van der Waals surface area contributed by atoms with Crippen molar-refractivity contribution in [1.82, 2.24) is 0 Å². The van der Waals surface area contributed by atoms with Crippen molar-refractivity contribution in [1.29, 1.82) is 0 Å². The molecule has 3 N–H and O–H groups in total. The molecule has 2 rings (SSSR count). The zero-order valence-electron chi connectivity index (χ0n) is 12.2. The summed E-state index contributed by atoms with van der Waals surface area (Å²) in [4.78, 5) is 22.8. The minimum Gasteiger partial charge on any atom is -0.479 e. The summed E-state index contributed by atoms with van der Waals surface area (Å²) in [7, 11) is 0. The van der Waals surface area contributed by atoms with E-state index in [4.69, 9.17) is 27.6 Å². The fourth-order valence-electron chi connectivity index (χ4n) is 2.31. The molecule has 0 radical (unpaired) electrons. The summed E-state index contributed by atoms with van der Waals surface area (Å²) < 4.78 is 5.37. The number of anilines is 1. The largest absolute Gasteiger partial charge is 0.479 e. The van der Waals surface area contributed by atoms with Crippen LogP contribution in [-0.2, 0) is 4.79 Å². The molecule has 23 heavy (non-hydrogen) atoms. The molecule has 1 unspecified atom stereocenters. The van der Waals surface area contributed by atoms with Crippen molar-refractivity contribution >= 4 is 40.8 Å². The number of halogens is 2. The Hall–Kier alpha value is -2.18. The van der Waals surface area contributed by atoms with Gasteiger partial charge in [-0.05, 0) is 32.0 Å². The topological polar surface area (TPSA) is 99.8 Å². The monoisotopic (exact) mass is 357 g/mol. The standard InChI is InChI=1S/C15H13Cl2NO5/c1-6-11(14(19)20)7(2)23-13(6)12(15(21)22)18-10-4-8(16)3-9(17)5-10/h3-5,12,18H,1-2H3,(H,19,20)(H,21,22). The first-order chi connectivity index (χ1) is 10.7. The Labute approximate surface area is 141 Å². The van der Waals surface area contributed by atoms with Gasteiger partial charge in [0.1, 0.15) is 17.1 Å². The molecule has 0 fully saturated rings. The van der Waals surface area contributed by atoms with Crippen LogP contribution in [0.15, 0.2) is 22.6 Å². The van der Waals surface area contributed by atoms with E-state index in [0.29, 0.717) is 15.7 Å². The van der Waals surface area contributed by atoms with Crippen LogP contribution in [0.3, 0.4) is 0 Å². The van der Waals surface area contributed by atoms with E-state index < -0.39 is 18.0 Å². The first-order valence-corrected chi connectivity index (χ1v) is 7.25. The zero-order chi connectivity index (χ0) is 17.3. The Balaban J connectivity index is 2.46. The number of carboxylic acid groups (broad SMARTS) is 2. The van der Waals surface area contributed by atoms with Gasteiger partial charge in [0.15, 0.2) is 6.04 Å². The smallest absolute Gasteiger partial charge is 0.339 e. The Morgan fingerprint density at radius 1 is 1.13 bits per heavy atom. The fraction of sp³-hybridized carbons (Fsp3) is 0.200. The zero-order valence-corrected chi connectivity index (χ0v) is 13.7. The van der Waals surface area contributed by atoms with Gasteiger partial charge in [-0.2, -0.15) is 0 Å². The number of aryl methyl sites for hydroxylation is 1. The highest BCUT2D eigenvalue weighted by Crippen LogP contribution is 2.31. The number of hydrogen-bond acceptors (Lipinski definition) is 4. The molecule has 0 spiro atoms. The van der Waals surface area contributed by atoms with Crippen molar-refractivity contribution in [2.75, 3.05) is 5.32 Å². The van der Waals surface area contributed by atoms with Gasteiger partial charge in [-0.1, -0.05) is 23.2 Å². The highest BCUT2D eigenvalue weighted by Gasteiger charge is 2.30. The van der Waals surface area contributed by atoms with Crippen LogP contribution in [-0.4, -0.2) is 22.2 Å². The molecule has 122 valence electrons. The number of carbonyl (C=O) groups is 2. The number of carboxylic acids is 2. The molecule has 0 saturated heterocycles. The Morgan fingerprint density at radius 3 is 2.13 bits per heavy atom. The molecule has 1 heterocycles. The fourth-order valence-corrected chi connectivity index (χ4v) is 2.84. The lowest BCUT2D eigenvalue weighted by molar-refractivity contribution is -0.138. The van der Waals surface area contributed by atoms with E-state index in [2.05, 4.69) is 5.32 Å². The Kier molecular flexibility index (Phi) is 4.87. The summed E-state index contributed by atoms with van der Waals surface area (Å²) in [5.74, 6) is -2.24. The van der Waals surface area contributed by atoms with Crippen LogP contribution in [0.2, 0.25) is 10.0 Å². The Morgan fingerprint density at radius 2 is 1.70 bits per heavy atom. The maximum absolute atomic E-state index is 11.6. The third-order valence-electron chi connectivity index (χ3n) is 3.26. The van der Waals surface area contributed by atoms with Gasteiger partial charge in [0.2, 0.25) is 0 Å². The molecule has 0 bridgehead atoms.